The first-order valence-electron chi connectivity index (χ1n) is 10.3. The van der Waals surface area contributed by atoms with E-state index in [2.05, 4.69) is 10.3 Å². The number of fused-ring (bicyclic) bond motifs is 2. The van der Waals surface area contributed by atoms with E-state index in [0.29, 0.717) is 33.9 Å². The summed E-state index contributed by atoms with van der Waals surface area (Å²) in [5, 5.41) is 4.33. The van der Waals surface area contributed by atoms with Crippen molar-refractivity contribution < 1.29 is 13.9 Å². The van der Waals surface area contributed by atoms with Gasteiger partial charge in [0.25, 0.3) is 0 Å². The van der Waals surface area contributed by atoms with Gasteiger partial charge in [0.2, 0.25) is 5.91 Å². The third kappa shape index (κ3) is 3.63. The number of nitrogens with one attached hydrogen (secondary N) is 1. The average molecular weight is 425 g/mol. The van der Waals surface area contributed by atoms with Crippen LogP contribution in [0.15, 0.2) is 54.7 Å². The maximum atomic E-state index is 13.7. The molecular formula is C24H22ClFN2O2. The number of hydrogen-bond acceptors (Lipinski definition) is 3. The Labute approximate surface area is 179 Å². The number of benzene rings is 2. The van der Waals surface area contributed by atoms with Crippen LogP contribution in [-0.2, 0) is 4.79 Å². The van der Waals surface area contributed by atoms with Gasteiger partial charge in [-0.25, -0.2) is 4.39 Å². The van der Waals surface area contributed by atoms with Gasteiger partial charge in [0.1, 0.15) is 11.6 Å². The van der Waals surface area contributed by atoms with Gasteiger partial charge < -0.3 is 10.1 Å². The molecule has 1 amide bonds. The van der Waals surface area contributed by atoms with Gasteiger partial charge in [-0.05, 0) is 79.1 Å². The van der Waals surface area contributed by atoms with E-state index >= 15 is 0 Å². The first kappa shape index (κ1) is 19.3. The van der Waals surface area contributed by atoms with Crippen molar-refractivity contribution in [3.05, 3.63) is 65.6 Å². The number of aromatic nitrogens is 1. The number of pyridine rings is 1. The zero-order valence-corrected chi connectivity index (χ0v) is 17.3. The molecule has 1 aromatic heterocycles. The average Bonchev–Trinajstić information content (AvgIpc) is 3.24. The molecule has 0 bridgehead atoms. The molecule has 0 radical (unpaired) electrons. The Morgan fingerprint density at radius 3 is 2.63 bits per heavy atom. The molecule has 2 fully saturated rings. The summed E-state index contributed by atoms with van der Waals surface area (Å²) in [6.07, 6.45) is 3.63. The number of carbonyl (C=O) groups is 1. The van der Waals surface area contributed by atoms with Gasteiger partial charge in [-0.3, -0.25) is 9.78 Å². The molecule has 6 heteroatoms. The van der Waals surface area contributed by atoms with Crippen molar-refractivity contribution in [2.75, 3.05) is 5.32 Å². The highest BCUT2D eigenvalue weighted by Crippen LogP contribution is 2.61. The molecule has 154 valence electrons. The third-order valence-corrected chi connectivity index (χ3v) is 6.78. The molecule has 3 atom stereocenters. The summed E-state index contributed by atoms with van der Waals surface area (Å²) in [7, 11) is 0. The van der Waals surface area contributed by atoms with Crippen LogP contribution in [0.1, 0.15) is 19.8 Å². The molecule has 4 nitrogen and oxygen atoms in total. The van der Waals surface area contributed by atoms with Crippen LogP contribution >= 0.6 is 11.6 Å². The SMILES string of the molecule is CC(C(=O)Nc1ccc(Cl)cc1)C1C2CC(Oc3ccnc4ccc(F)cc34)CC21. The highest BCUT2D eigenvalue weighted by atomic mass is 35.5. The molecule has 1 N–H and O–H groups in total. The number of carbonyl (C=O) groups excluding carboxylic acids is 1. The highest BCUT2D eigenvalue weighted by Gasteiger charge is 2.59. The molecule has 5 rings (SSSR count). The van der Waals surface area contributed by atoms with Crippen molar-refractivity contribution >= 4 is 34.1 Å². The van der Waals surface area contributed by atoms with Gasteiger partial charge in [-0.15, -0.1) is 0 Å². The second kappa shape index (κ2) is 7.55. The second-order valence-electron chi connectivity index (χ2n) is 8.37. The minimum Gasteiger partial charge on any atom is -0.490 e. The summed E-state index contributed by atoms with van der Waals surface area (Å²) in [6, 6.07) is 13.5. The van der Waals surface area contributed by atoms with Crippen molar-refractivity contribution in [2.24, 2.45) is 23.7 Å². The fourth-order valence-corrected chi connectivity index (χ4v) is 5.15. The predicted molar refractivity (Wildman–Crippen MR) is 115 cm³/mol. The number of hydrogen-bond donors (Lipinski definition) is 1. The zero-order valence-electron chi connectivity index (χ0n) is 16.5. The van der Waals surface area contributed by atoms with Gasteiger partial charge in [0, 0.05) is 28.2 Å². The molecule has 1 heterocycles. The largest absolute Gasteiger partial charge is 0.490 e. The van der Waals surface area contributed by atoms with E-state index in [9.17, 15) is 9.18 Å². The van der Waals surface area contributed by atoms with Crippen molar-refractivity contribution in [2.45, 2.75) is 25.9 Å². The van der Waals surface area contributed by atoms with Crippen LogP contribution in [0.2, 0.25) is 5.02 Å². The number of halogens is 2. The standard InChI is InChI=1S/C24H22ClFN2O2/c1-13(24(29)28-16-5-2-14(25)3-6-16)23-18-11-17(12-19(18)23)30-22-8-9-27-21-7-4-15(26)10-20(21)22/h2-10,13,17-19,23H,11-12H2,1H3,(H,28,29). The minimum atomic E-state index is -0.296. The maximum Gasteiger partial charge on any atom is 0.227 e. The smallest absolute Gasteiger partial charge is 0.227 e. The number of anilines is 1. The van der Waals surface area contributed by atoms with E-state index in [0.717, 1.165) is 24.0 Å². The highest BCUT2D eigenvalue weighted by molar-refractivity contribution is 6.30. The number of ether oxygens (including phenoxy) is 1. The summed E-state index contributed by atoms with van der Waals surface area (Å²) in [5.74, 6) is 1.78. The molecule has 3 unspecified atom stereocenters. The Kier molecular flexibility index (Phi) is 4.86. The molecule has 0 saturated heterocycles. The van der Waals surface area contributed by atoms with E-state index < -0.39 is 0 Å². The van der Waals surface area contributed by atoms with Gasteiger partial charge >= 0.3 is 0 Å². The van der Waals surface area contributed by atoms with Crippen LogP contribution < -0.4 is 10.1 Å². The summed E-state index contributed by atoms with van der Waals surface area (Å²) in [6.45, 7) is 2.00. The number of rotatable bonds is 5. The van der Waals surface area contributed by atoms with E-state index in [1.807, 2.05) is 19.1 Å². The fourth-order valence-electron chi connectivity index (χ4n) is 5.02. The van der Waals surface area contributed by atoms with E-state index in [1.54, 1.807) is 30.5 Å². The Bertz CT molecular complexity index is 1090. The first-order chi connectivity index (χ1) is 14.5. The summed E-state index contributed by atoms with van der Waals surface area (Å²) >= 11 is 5.90. The maximum absolute atomic E-state index is 13.7. The molecule has 2 aromatic carbocycles. The van der Waals surface area contributed by atoms with Crippen molar-refractivity contribution in [3.63, 3.8) is 0 Å². The second-order valence-corrected chi connectivity index (χ2v) is 8.81. The molecule has 3 aromatic rings. The van der Waals surface area contributed by atoms with E-state index in [1.165, 1.54) is 12.1 Å². The van der Waals surface area contributed by atoms with Crippen LogP contribution in [-0.4, -0.2) is 17.0 Å². The van der Waals surface area contributed by atoms with Gasteiger partial charge in [0.05, 0.1) is 11.6 Å². The normalized spacial score (nSPS) is 25.6. The van der Waals surface area contributed by atoms with Crippen LogP contribution in [0, 0.1) is 29.5 Å². The van der Waals surface area contributed by atoms with Crippen molar-refractivity contribution in [1.29, 1.82) is 0 Å². The fraction of sp³-hybridized carbons (Fsp3) is 0.333. The molecule has 0 aliphatic heterocycles. The lowest BCUT2D eigenvalue weighted by molar-refractivity contribution is -0.120. The van der Waals surface area contributed by atoms with Crippen molar-refractivity contribution in [3.8, 4) is 5.75 Å². The zero-order chi connectivity index (χ0) is 20.8. The Balaban J connectivity index is 1.20. The lowest BCUT2D eigenvalue weighted by atomic mass is 9.97. The van der Waals surface area contributed by atoms with Gasteiger partial charge in [-0.1, -0.05) is 18.5 Å². The van der Waals surface area contributed by atoms with Crippen LogP contribution in [0.3, 0.4) is 0 Å². The lowest BCUT2D eigenvalue weighted by Crippen LogP contribution is -2.25. The molecule has 2 aliphatic rings. The van der Waals surface area contributed by atoms with Crippen LogP contribution in [0.5, 0.6) is 5.75 Å². The first-order valence-corrected chi connectivity index (χ1v) is 10.6. The Morgan fingerprint density at radius 1 is 1.17 bits per heavy atom. The van der Waals surface area contributed by atoms with Crippen LogP contribution in [0.25, 0.3) is 10.9 Å². The lowest BCUT2D eigenvalue weighted by Gasteiger charge is -2.20. The van der Waals surface area contributed by atoms with Crippen molar-refractivity contribution in [1.82, 2.24) is 4.98 Å². The molecule has 2 saturated carbocycles. The Hall–Kier alpha value is -2.66. The number of amides is 1. The molecule has 2 aliphatic carbocycles. The topological polar surface area (TPSA) is 51.2 Å². The van der Waals surface area contributed by atoms with Gasteiger partial charge in [0.15, 0.2) is 0 Å². The van der Waals surface area contributed by atoms with Crippen LogP contribution in [0.4, 0.5) is 10.1 Å². The van der Waals surface area contributed by atoms with Gasteiger partial charge in [-0.2, -0.15) is 0 Å². The minimum absolute atomic E-state index is 0.0461. The monoisotopic (exact) mass is 424 g/mol. The summed E-state index contributed by atoms with van der Waals surface area (Å²) in [4.78, 5) is 16.9. The summed E-state index contributed by atoms with van der Waals surface area (Å²) < 4.78 is 19.9. The number of nitrogens with zero attached hydrogens (tertiary/aromatic N) is 1. The molecular weight excluding hydrogens is 403 g/mol. The predicted octanol–water partition coefficient (Wildman–Crippen LogP) is 5.71. The molecule has 0 spiro atoms. The summed E-state index contributed by atoms with van der Waals surface area (Å²) in [5.41, 5.74) is 1.49. The quantitative estimate of drug-likeness (QED) is 0.571. The Morgan fingerprint density at radius 2 is 1.90 bits per heavy atom. The van der Waals surface area contributed by atoms with E-state index in [4.69, 9.17) is 16.3 Å². The van der Waals surface area contributed by atoms with E-state index in [-0.39, 0.29) is 23.7 Å². The molecule has 30 heavy (non-hydrogen) atoms. The third-order valence-electron chi connectivity index (χ3n) is 6.53.